The molecular formula is C20H16O2. The molecule has 1 aliphatic rings. The third-order valence-corrected chi connectivity index (χ3v) is 3.58. The van der Waals surface area contributed by atoms with Gasteiger partial charge in [0.25, 0.3) is 0 Å². The van der Waals surface area contributed by atoms with Crippen molar-refractivity contribution in [2.75, 3.05) is 7.11 Å². The molecule has 0 radical (unpaired) electrons. The highest BCUT2D eigenvalue weighted by Gasteiger charge is 2.16. The quantitative estimate of drug-likeness (QED) is 0.847. The second kappa shape index (κ2) is 6.27. The number of ether oxygens (including phenoxy) is 1. The molecule has 0 amide bonds. The van der Waals surface area contributed by atoms with E-state index in [0.717, 1.165) is 22.3 Å². The zero-order chi connectivity index (χ0) is 15.4. The summed E-state index contributed by atoms with van der Waals surface area (Å²) in [5.74, 6) is 0.258. The third kappa shape index (κ3) is 2.77. The molecule has 0 atom stereocenters. The van der Waals surface area contributed by atoms with Crippen molar-refractivity contribution in [3.63, 3.8) is 0 Å². The van der Waals surface area contributed by atoms with Gasteiger partial charge in [0.15, 0.2) is 5.76 Å². The van der Waals surface area contributed by atoms with Crippen molar-refractivity contribution < 1.29 is 9.53 Å². The summed E-state index contributed by atoms with van der Waals surface area (Å²) in [4.78, 5) is 11.8. The van der Waals surface area contributed by atoms with Gasteiger partial charge in [-0.3, -0.25) is 4.79 Å². The Morgan fingerprint density at radius 3 is 1.86 bits per heavy atom. The third-order valence-electron chi connectivity index (χ3n) is 3.58. The maximum absolute atomic E-state index is 11.8. The van der Waals surface area contributed by atoms with Crippen LogP contribution in [-0.4, -0.2) is 12.9 Å². The molecule has 0 spiro atoms. The first-order chi connectivity index (χ1) is 10.8. The lowest BCUT2D eigenvalue weighted by molar-refractivity contribution is -0.114. The maximum atomic E-state index is 11.8. The number of hydrogen-bond donors (Lipinski definition) is 0. The van der Waals surface area contributed by atoms with Crippen LogP contribution in [0.5, 0.6) is 0 Å². The van der Waals surface area contributed by atoms with Crippen LogP contribution in [0.15, 0.2) is 90.2 Å². The minimum absolute atomic E-state index is 0.105. The summed E-state index contributed by atoms with van der Waals surface area (Å²) in [5, 5.41) is 0. The van der Waals surface area contributed by atoms with Crippen LogP contribution in [0.2, 0.25) is 0 Å². The standard InChI is InChI=1S/C20H16O2/c1-22-19-14-17(12-13-18(19)21)20(15-8-4-2-5-9-15)16-10-6-3-7-11-16/h2-14H,1H3. The summed E-state index contributed by atoms with van der Waals surface area (Å²) in [6.45, 7) is 0. The van der Waals surface area contributed by atoms with Gasteiger partial charge in [-0.25, -0.2) is 0 Å². The molecule has 108 valence electrons. The predicted molar refractivity (Wildman–Crippen MR) is 88.1 cm³/mol. The first kappa shape index (κ1) is 14.1. The Balaban J connectivity index is 2.23. The highest BCUT2D eigenvalue weighted by atomic mass is 16.5. The van der Waals surface area contributed by atoms with Gasteiger partial charge < -0.3 is 4.74 Å². The molecule has 0 fully saturated rings. The number of carbonyl (C=O) groups is 1. The fourth-order valence-corrected chi connectivity index (χ4v) is 2.53. The number of rotatable bonds is 3. The van der Waals surface area contributed by atoms with E-state index < -0.39 is 0 Å². The van der Waals surface area contributed by atoms with Crippen molar-refractivity contribution in [1.82, 2.24) is 0 Å². The van der Waals surface area contributed by atoms with Crippen molar-refractivity contribution in [2.45, 2.75) is 0 Å². The number of benzene rings is 2. The lowest BCUT2D eigenvalue weighted by Gasteiger charge is -2.15. The number of ketones is 1. The van der Waals surface area contributed by atoms with E-state index in [1.165, 1.54) is 7.11 Å². The summed E-state index contributed by atoms with van der Waals surface area (Å²) in [6.07, 6.45) is 5.21. The fourth-order valence-electron chi connectivity index (χ4n) is 2.53. The average Bonchev–Trinajstić information content (AvgIpc) is 2.58. The molecule has 0 bridgehead atoms. The van der Waals surface area contributed by atoms with Crippen LogP contribution < -0.4 is 0 Å². The van der Waals surface area contributed by atoms with E-state index in [0.29, 0.717) is 5.76 Å². The molecule has 0 heterocycles. The van der Waals surface area contributed by atoms with Crippen LogP contribution in [0.3, 0.4) is 0 Å². The van der Waals surface area contributed by atoms with Gasteiger partial charge in [0, 0.05) is 0 Å². The Morgan fingerprint density at radius 1 is 0.818 bits per heavy atom. The summed E-state index contributed by atoms with van der Waals surface area (Å²) >= 11 is 0. The maximum Gasteiger partial charge on any atom is 0.220 e. The van der Waals surface area contributed by atoms with Crippen molar-refractivity contribution in [1.29, 1.82) is 0 Å². The highest BCUT2D eigenvalue weighted by Crippen LogP contribution is 2.30. The Labute approximate surface area is 130 Å². The Hall–Kier alpha value is -2.87. The van der Waals surface area contributed by atoms with Crippen molar-refractivity contribution in [3.05, 3.63) is 101 Å². The van der Waals surface area contributed by atoms with Crippen molar-refractivity contribution in [3.8, 4) is 0 Å². The second-order valence-corrected chi connectivity index (χ2v) is 4.97. The molecule has 22 heavy (non-hydrogen) atoms. The molecule has 0 aromatic heterocycles. The van der Waals surface area contributed by atoms with Gasteiger partial charge >= 0.3 is 0 Å². The van der Waals surface area contributed by atoms with E-state index in [1.807, 2.05) is 42.5 Å². The summed E-state index contributed by atoms with van der Waals surface area (Å²) in [7, 11) is 1.52. The van der Waals surface area contributed by atoms with Crippen molar-refractivity contribution in [2.24, 2.45) is 0 Å². The van der Waals surface area contributed by atoms with Gasteiger partial charge in [-0.15, -0.1) is 0 Å². The van der Waals surface area contributed by atoms with E-state index in [4.69, 9.17) is 4.74 Å². The minimum atomic E-state index is -0.105. The van der Waals surface area contributed by atoms with Gasteiger partial charge in [0.1, 0.15) is 0 Å². The number of hydrogen-bond acceptors (Lipinski definition) is 2. The Bertz CT molecular complexity index is 724. The molecule has 2 aromatic rings. The highest BCUT2D eigenvalue weighted by molar-refractivity contribution is 6.06. The van der Waals surface area contributed by atoms with Gasteiger partial charge in [0.05, 0.1) is 7.11 Å². The zero-order valence-corrected chi connectivity index (χ0v) is 12.3. The zero-order valence-electron chi connectivity index (χ0n) is 12.3. The van der Waals surface area contributed by atoms with Gasteiger partial charge in [-0.2, -0.15) is 0 Å². The normalized spacial score (nSPS) is 13.8. The fraction of sp³-hybridized carbons (Fsp3) is 0.0500. The molecule has 2 aromatic carbocycles. The SMILES string of the molecule is COC1=CC(=C(c2ccccc2)c2ccccc2)C=CC1=O. The smallest absolute Gasteiger partial charge is 0.220 e. The van der Waals surface area contributed by atoms with E-state index >= 15 is 0 Å². The minimum Gasteiger partial charge on any atom is -0.493 e. The molecule has 0 saturated heterocycles. The molecule has 2 nitrogen and oxygen atoms in total. The molecule has 1 aliphatic carbocycles. The van der Waals surface area contributed by atoms with Crippen LogP contribution in [-0.2, 0) is 9.53 Å². The molecular weight excluding hydrogens is 272 g/mol. The van der Waals surface area contributed by atoms with Gasteiger partial charge in [-0.1, -0.05) is 66.7 Å². The van der Waals surface area contributed by atoms with Crippen LogP contribution in [0.1, 0.15) is 11.1 Å². The topological polar surface area (TPSA) is 26.3 Å². The van der Waals surface area contributed by atoms with Crippen molar-refractivity contribution >= 4 is 11.4 Å². The number of carbonyl (C=O) groups excluding carboxylic acids is 1. The van der Waals surface area contributed by atoms with Crippen LogP contribution in [0.4, 0.5) is 0 Å². The predicted octanol–water partition coefficient (Wildman–Crippen LogP) is 4.16. The molecule has 0 unspecified atom stereocenters. The molecule has 3 rings (SSSR count). The molecule has 0 aliphatic heterocycles. The average molecular weight is 288 g/mol. The van der Waals surface area contributed by atoms with Crippen LogP contribution in [0, 0.1) is 0 Å². The summed E-state index contributed by atoms with van der Waals surface area (Å²) in [6, 6.07) is 20.3. The second-order valence-electron chi connectivity index (χ2n) is 4.97. The first-order valence-corrected chi connectivity index (χ1v) is 7.13. The largest absolute Gasteiger partial charge is 0.493 e. The lowest BCUT2D eigenvalue weighted by Crippen LogP contribution is -2.06. The molecule has 2 heteroatoms. The Morgan fingerprint density at radius 2 is 1.36 bits per heavy atom. The van der Waals surface area contributed by atoms with E-state index in [-0.39, 0.29) is 5.78 Å². The molecule has 0 N–H and O–H groups in total. The Kier molecular flexibility index (Phi) is 4.01. The van der Waals surface area contributed by atoms with E-state index in [9.17, 15) is 4.79 Å². The first-order valence-electron chi connectivity index (χ1n) is 7.13. The lowest BCUT2D eigenvalue weighted by atomic mass is 9.90. The number of methoxy groups -OCH3 is 1. The van der Waals surface area contributed by atoms with Crippen LogP contribution in [0.25, 0.3) is 5.57 Å². The van der Waals surface area contributed by atoms with E-state index in [1.54, 1.807) is 12.2 Å². The van der Waals surface area contributed by atoms with Crippen LogP contribution >= 0.6 is 0 Å². The summed E-state index contributed by atoms with van der Waals surface area (Å²) < 4.78 is 5.18. The van der Waals surface area contributed by atoms with Gasteiger partial charge in [-0.05, 0) is 34.4 Å². The summed E-state index contributed by atoms with van der Waals surface area (Å²) in [5.41, 5.74) is 4.26. The monoisotopic (exact) mass is 288 g/mol. The van der Waals surface area contributed by atoms with Gasteiger partial charge in [0.2, 0.25) is 5.78 Å². The number of allylic oxidation sites excluding steroid dienone is 4. The van der Waals surface area contributed by atoms with E-state index in [2.05, 4.69) is 24.3 Å². The molecule has 0 saturated carbocycles.